The summed E-state index contributed by atoms with van der Waals surface area (Å²) in [5.74, 6) is -0.0624. The van der Waals surface area contributed by atoms with Gasteiger partial charge in [0, 0.05) is 26.3 Å². The van der Waals surface area contributed by atoms with Crippen molar-refractivity contribution in [3.05, 3.63) is 34.8 Å². The number of hydrogen-bond acceptors (Lipinski definition) is 4. The number of nitrogens with zero attached hydrogens (tertiary/aromatic N) is 4. The van der Waals surface area contributed by atoms with Crippen LogP contribution in [0.4, 0.5) is 10.5 Å². The van der Waals surface area contributed by atoms with E-state index in [1.807, 2.05) is 23.5 Å². The van der Waals surface area contributed by atoms with E-state index in [-0.39, 0.29) is 18.0 Å². The van der Waals surface area contributed by atoms with Gasteiger partial charge in [0.2, 0.25) is 5.91 Å². The molecule has 2 aromatic rings. The zero-order valence-electron chi connectivity index (χ0n) is 14.1. The monoisotopic (exact) mass is 359 g/mol. The van der Waals surface area contributed by atoms with Crippen molar-refractivity contribution in [2.24, 2.45) is 7.05 Å². The van der Waals surface area contributed by atoms with E-state index in [4.69, 9.17) is 0 Å². The van der Waals surface area contributed by atoms with Crippen molar-refractivity contribution in [3.8, 4) is 0 Å². The quantitative estimate of drug-likeness (QED) is 0.913. The third-order valence-corrected chi connectivity index (χ3v) is 5.65. The predicted octanol–water partition coefficient (Wildman–Crippen LogP) is 2.13. The van der Waals surface area contributed by atoms with E-state index in [2.05, 4.69) is 21.9 Å². The summed E-state index contributed by atoms with van der Waals surface area (Å²) in [6.45, 7) is 1.34. The SMILES string of the molecule is Cn1cc(N2CCC(NC(=O)N3CCCC3c3ccsc3)C2=O)cn1. The molecule has 1 N–H and O–H groups in total. The molecule has 25 heavy (non-hydrogen) atoms. The summed E-state index contributed by atoms with van der Waals surface area (Å²) in [6, 6.07) is 1.60. The first kappa shape index (κ1) is 16.1. The molecule has 0 aliphatic carbocycles. The minimum Gasteiger partial charge on any atom is -0.326 e. The molecule has 0 aromatic carbocycles. The standard InChI is InChI=1S/C17H21N5O2S/c1-20-10-13(9-18-20)21-7-4-14(16(21)23)19-17(24)22-6-2-3-15(22)12-5-8-25-11-12/h5,8-11,14-15H,2-4,6-7H2,1H3,(H,19,24). The maximum Gasteiger partial charge on any atom is 0.318 e. The molecule has 2 atom stereocenters. The van der Waals surface area contributed by atoms with Gasteiger partial charge in [0.1, 0.15) is 6.04 Å². The van der Waals surface area contributed by atoms with Crippen molar-refractivity contribution < 1.29 is 9.59 Å². The normalized spacial score (nSPS) is 23.5. The summed E-state index contributed by atoms with van der Waals surface area (Å²) in [6.07, 6.45) is 6.08. The second kappa shape index (κ2) is 6.51. The molecule has 7 nitrogen and oxygen atoms in total. The van der Waals surface area contributed by atoms with E-state index in [0.717, 1.165) is 25.1 Å². The Labute approximate surface area is 150 Å². The first-order chi connectivity index (χ1) is 12.1. The number of nitrogens with one attached hydrogen (secondary N) is 1. The summed E-state index contributed by atoms with van der Waals surface area (Å²) in [5, 5.41) is 11.2. The number of rotatable bonds is 3. The van der Waals surface area contributed by atoms with Gasteiger partial charge in [-0.3, -0.25) is 9.48 Å². The van der Waals surface area contributed by atoms with Crippen LogP contribution in [0, 0.1) is 0 Å². The number of anilines is 1. The molecule has 3 amide bonds. The van der Waals surface area contributed by atoms with Gasteiger partial charge < -0.3 is 15.1 Å². The highest BCUT2D eigenvalue weighted by Gasteiger charge is 2.37. The highest BCUT2D eigenvalue weighted by atomic mass is 32.1. The Morgan fingerprint density at radius 1 is 1.36 bits per heavy atom. The first-order valence-corrected chi connectivity index (χ1v) is 9.47. The fourth-order valence-electron chi connectivity index (χ4n) is 3.67. The number of carbonyl (C=O) groups excluding carboxylic acids is 2. The summed E-state index contributed by atoms with van der Waals surface area (Å²) >= 11 is 1.65. The van der Waals surface area contributed by atoms with Crippen LogP contribution in [0.3, 0.4) is 0 Å². The third kappa shape index (κ3) is 3.02. The Hall–Kier alpha value is -2.35. The van der Waals surface area contributed by atoms with Crippen LogP contribution in [-0.4, -0.2) is 45.8 Å². The van der Waals surface area contributed by atoms with Gasteiger partial charge in [-0.2, -0.15) is 16.4 Å². The van der Waals surface area contributed by atoms with Crippen LogP contribution in [0.5, 0.6) is 0 Å². The van der Waals surface area contributed by atoms with Gasteiger partial charge in [-0.25, -0.2) is 4.79 Å². The molecule has 8 heteroatoms. The smallest absolute Gasteiger partial charge is 0.318 e. The zero-order chi connectivity index (χ0) is 17.4. The van der Waals surface area contributed by atoms with Crippen molar-refractivity contribution in [2.45, 2.75) is 31.3 Å². The van der Waals surface area contributed by atoms with E-state index in [9.17, 15) is 9.59 Å². The lowest BCUT2D eigenvalue weighted by molar-refractivity contribution is -0.118. The van der Waals surface area contributed by atoms with Crippen LogP contribution < -0.4 is 10.2 Å². The maximum atomic E-state index is 12.7. The van der Waals surface area contributed by atoms with Crippen molar-refractivity contribution in [1.29, 1.82) is 0 Å². The molecule has 2 saturated heterocycles. The number of aryl methyl sites for hydroxylation is 1. The van der Waals surface area contributed by atoms with Crippen molar-refractivity contribution in [3.63, 3.8) is 0 Å². The number of aromatic nitrogens is 2. The topological polar surface area (TPSA) is 70.5 Å². The van der Waals surface area contributed by atoms with Gasteiger partial charge in [0.25, 0.3) is 0 Å². The third-order valence-electron chi connectivity index (χ3n) is 4.95. The van der Waals surface area contributed by atoms with Gasteiger partial charge in [-0.15, -0.1) is 0 Å². The van der Waals surface area contributed by atoms with Crippen LogP contribution in [-0.2, 0) is 11.8 Å². The lowest BCUT2D eigenvalue weighted by Gasteiger charge is -2.26. The van der Waals surface area contributed by atoms with Gasteiger partial charge >= 0.3 is 6.03 Å². The highest BCUT2D eigenvalue weighted by Crippen LogP contribution is 2.33. The summed E-state index contributed by atoms with van der Waals surface area (Å²) in [7, 11) is 1.82. The number of thiophene rings is 1. The van der Waals surface area contributed by atoms with E-state index >= 15 is 0 Å². The molecule has 4 rings (SSSR count). The molecule has 0 saturated carbocycles. The summed E-state index contributed by atoms with van der Waals surface area (Å²) in [5.41, 5.74) is 1.97. The van der Waals surface area contributed by atoms with E-state index in [1.54, 1.807) is 27.1 Å². The molecule has 0 spiro atoms. The number of amides is 3. The van der Waals surface area contributed by atoms with Crippen LogP contribution in [0.2, 0.25) is 0 Å². The second-order valence-electron chi connectivity index (χ2n) is 6.56. The summed E-state index contributed by atoms with van der Waals surface area (Å²) in [4.78, 5) is 28.9. The van der Waals surface area contributed by atoms with Gasteiger partial charge in [-0.05, 0) is 41.7 Å². The minimum absolute atomic E-state index is 0.0624. The van der Waals surface area contributed by atoms with Crippen molar-refractivity contribution >= 4 is 29.0 Å². The van der Waals surface area contributed by atoms with Crippen LogP contribution in [0.25, 0.3) is 0 Å². The van der Waals surface area contributed by atoms with Crippen molar-refractivity contribution in [1.82, 2.24) is 20.0 Å². The molecule has 2 fully saturated rings. The molecule has 2 aliphatic heterocycles. The zero-order valence-corrected chi connectivity index (χ0v) is 14.9. The van der Waals surface area contributed by atoms with Crippen LogP contribution >= 0.6 is 11.3 Å². The lowest BCUT2D eigenvalue weighted by Crippen LogP contribution is -2.47. The molecule has 2 aliphatic rings. The van der Waals surface area contributed by atoms with E-state index < -0.39 is 6.04 Å². The Morgan fingerprint density at radius 2 is 2.24 bits per heavy atom. The Morgan fingerprint density at radius 3 is 2.96 bits per heavy atom. The van der Waals surface area contributed by atoms with Crippen LogP contribution in [0.15, 0.2) is 29.2 Å². The molecule has 132 valence electrons. The number of urea groups is 1. The number of hydrogen-bond donors (Lipinski definition) is 1. The minimum atomic E-state index is -0.462. The summed E-state index contributed by atoms with van der Waals surface area (Å²) < 4.78 is 1.67. The Bertz CT molecular complexity index is 772. The van der Waals surface area contributed by atoms with Gasteiger partial charge in [-0.1, -0.05) is 0 Å². The molecule has 4 heterocycles. The Balaban J connectivity index is 1.42. The van der Waals surface area contributed by atoms with Gasteiger partial charge in [0.05, 0.1) is 17.9 Å². The average Bonchev–Trinajstić information content (AvgIpc) is 3.34. The molecule has 0 bridgehead atoms. The molecular formula is C17H21N5O2S. The van der Waals surface area contributed by atoms with Crippen LogP contribution in [0.1, 0.15) is 30.9 Å². The lowest BCUT2D eigenvalue weighted by atomic mass is 10.1. The van der Waals surface area contributed by atoms with E-state index in [1.165, 1.54) is 5.56 Å². The van der Waals surface area contributed by atoms with Crippen molar-refractivity contribution in [2.75, 3.05) is 18.0 Å². The van der Waals surface area contributed by atoms with E-state index in [0.29, 0.717) is 13.0 Å². The predicted molar refractivity (Wildman–Crippen MR) is 95.5 cm³/mol. The number of carbonyl (C=O) groups is 2. The molecule has 0 radical (unpaired) electrons. The first-order valence-electron chi connectivity index (χ1n) is 8.53. The average molecular weight is 359 g/mol. The highest BCUT2D eigenvalue weighted by molar-refractivity contribution is 7.08. The molecule has 2 unspecified atom stereocenters. The molecule has 2 aromatic heterocycles. The fourth-order valence-corrected chi connectivity index (χ4v) is 4.38. The Kier molecular flexibility index (Phi) is 4.20. The van der Waals surface area contributed by atoms with Gasteiger partial charge in [0.15, 0.2) is 0 Å². The molecular weight excluding hydrogens is 338 g/mol. The maximum absolute atomic E-state index is 12.7. The largest absolute Gasteiger partial charge is 0.326 e. The second-order valence-corrected chi connectivity index (χ2v) is 7.34. The fraction of sp³-hybridized carbons (Fsp3) is 0.471. The number of likely N-dealkylation sites (tertiary alicyclic amines) is 1.